The number of likely N-dealkylation sites (tertiary alicyclic amines) is 1. The predicted octanol–water partition coefficient (Wildman–Crippen LogP) is 2.54. The van der Waals surface area contributed by atoms with Gasteiger partial charge in [0.25, 0.3) is 0 Å². The van der Waals surface area contributed by atoms with E-state index >= 15 is 0 Å². The maximum Gasteiger partial charge on any atom is 0.245 e. The zero-order valence-electron chi connectivity index (χ0n) is 16.8. The molecule has 4 rings (SSSR count). The third kappa shape index (κ3) is 2.69. The molecule has 2 amide bonds. The van der Waals surface area contributed by atoms with Crippen molar-refractivity contribution in [3.8, 4) is 5.75 Å². The van der Waals surface area contributed by atoms with Gasteiger partial charge in [-0.3, -0.25) is 24.2 Å². The highest BCUT2D eigenvalue weighted by molar-refractivity contribution is 6.19. The molecule has 3 heterocycles. The van der Waals surface area contributed by atoms with Crippen LogP contribution in [0.25, 0.3) is 0 Å². The summed E-state index contributed by atoms with van der Waals surface area (Å²) < 4.78 is 5.33. The molecule has 3 aliphatic rings. The Bertz CT molecular complexity index is 823. The normalized spacial score (nSPS) is 31.1. The highest BCUT2D eigenvalue weighted by atomic mass is 16.5. The van der Waals surface area contributed by atoms with E-state index in [1.165, 1.54) is 4.90 Å². The first-order chi connectivity index (χ1) is 13.4. The van der Waals surface area contributed by atoms with Crippen molar-refractivity contribution in [2.75, 3.05) is 7.11 Å². The summed E-state index contributed by atoms with van der Waals surface area (Å²) in [7, 11) is 1.64. The maximum atomic E-state index is 13.4. The number of carbonyl (C=O) groups excluding carboxylic acids is 3. The molecule has 28 heavy (non-hydrogen) atoms. The molecule has 4 atom stereocenters. The van der Waals surface area contributed by atoms with E-state index in [1.54, 1.807) is 7.11 Å². The van der Waals surface area contributed by atoms with Gasteiger partial charge in [-0.1, -0.05) is 19.1 Å². The molecule has 1 aromatic rings. The summed E-state index contributed by atoms with van der Waals surface area (Å²) in [5.74, 6) is 0.297. The molecule has 3 fully saturated rings. The van der Waals surface area contributed by atoms with Crippen LogP contribution in [0.4, 0.5) is 0 Å². The van der Waals surface area contributed by atoms with Gasteiger partial charge in [-0.2, -0.15) is 0 Å². The lowest BCUT2D eigenvalue weighted by Gasteiger charge is -2.44. The minimum absolute atomic E-state index is 0.0288. The minimum atomic E-state index is -1.19. The molecule has 4 unspecified atom stereocenters. The van der Waals surface area contributed by atoms with E-state index in [9.17, 15) is 14.4 Å². The van der Waals surface area contributed by atoms with Gasteiger partial charge < -0.3 is 4.74 Å². The molecule has 0 radical (unpaired) electrons. The number of ether oxygens (including phenoxy) is 1. The third-order valence-electron chi connectivity index (χ3n) is 6.96. The summed E-state index contributed by atoms with van der Waals surface area (Å²) in [6.07, 6.45) is 2.76. The number of benzene rings is 1. The van der Waals surface area contributed by atoms with E-state index in [2.05, 4.69) is 4.90 Å². The lowest BCUT2D eigenvalue weighted by atomic mass is 9.71. The SMILES string of the molecule is CCC(C)N1C(=O)CC2(C(=O)CC3CCC2N3Cc2cccc(OC)c2)C1=O. The van der Waals surface area contributed by atoms with E-state index < -0.39 is 5.41 Å². The number of piperidine rings is 1. The Labute approximate surface area is 165 Å². The number of hydrogen-bond acceptors (Lipinski definition) is 5. The molecule has 0 aromatic heterocycles. The van der Waals surface area contributed by atoms with Crippen molar-refractivity contribution in [2.45, 2.75) is 70.6 Å². The maximum absolute atomic E-state index is 13.4. The average molecular weight is 384 g/mol. The van der Waals surface area contributed by atoms with Crippen molar-refractivity contribution in [2.24, 2.45) is 5.41 Å². The third-order valence-corrected chi connectivity index (χ3v) is 6.96. The molecular formula is C22H28N2O4. The molecule has 0 aliphatic carbocycles. The largest absolute Gasteiger partial charge is 0.497 e. The van der Waals surface area contributed by atoms with Crippen molar-refractivity contribution in [3.05, 3.63) is 29.8 Å². The van der Waals surface area contributed by atoms with E-state index in [-0.39, 0.29) is 42.1 Å². The molecular weight excluding hydrogens is 356 g/mol. The number of nitrogens with zero attached hydrogens (tertiary/aromatic N) is 2. The van der Waals surface area contributed by atoms with Gasteiger partial charge in [0.05, 0.1) is 13.5 Å². The van der Waals surface area contributed by atoms with Crippen LogP contribution >= 0.6 is 0 Å². The van der Waals surface area contributed by atoms with Crippen molar-refractivity contribution < 1.29 is 19.1 Å². The molecule has 0 N–H and O–H groups in total. The Hall–Kier alpha value is -2.21. The van der Waals surface area contributed by atoms with Gasteiger partial charge in [0, 0.05) is 31.1 Å². The second-order valence-corrected chi connectivity index (χ2v) is 8.37. The van der Waals surface area contributed by atoms with E-state index in [4.69, 9.17) is 4.74 Å². The van der Waals surface area contributed by atoms with Crippen LogP contribution in [0.5, 0.6) is 5.75 Å². The van der Waals surface area contributed by atoms with Crippen LogP contribution in [0.1, 0.15) is 51.5 Å². The van der Waals surface area contributed by atoms with Crippen LogP contribution in [-0.4, -0.2) is 52.6 Å². The number of hydrogen-bond donors (Lipinski definition) is 0. The smallest absolute Gasteiger partial charge is 0.245 e. The quantitative estimate of drug-likeness (QED) is 0.577. The molecule has 1 aromatic carbocycles. The highest BCUT2D eigenvalue weighted by Crippen LogP contribution is 2.51. The molecule has 3 saturated heterocycles. The van der Waals surface area contributed by atoms with Crippen molar-refractivity contribution in [1.29, 1.82) is 0 Å². The van der Waals surface area contributed by atoms with Gasteiger partial charge in [-0.05, 0) is 43.9 Å². The second-order valence-electron chi connectivity index (χ2n) is 8.37. The van der Waals surface area contributed by atoms with E-state index in [1.807, 2.05) is 38.1 Å². The molecule has 1 spiro atoms. The van der Waals surface area contributed by atoms with Crippen molar-refractivity contribution in [3.63, 3.8) is 0 Å². The monoisotopic (exact) mass is 384 g/mol. The summed E-state index contributed by atoms with van der Waals surface area (Å²) in [6.45, 7) is 4.50. The lowest BCUT2D eigenvalue weighted by molar-refractivity contribution is -0.154. The summed E-state index contributed by atoms with van der Waals surface area (Å²) >= 11 is 0. The number of methoxy groups -OCH3 is 1. The lowest BCUT2D eigenvalue weighted by Crippen LogP contribution is -2.59. The Kier molecular flexibility index (Phi) is 4.78. The molecule has 150 valence electrons. The Balaban J connectivity index is 1.67. The van der Waals surface area contributed by atoms with Gasteiger partial charge >= 0.3 is 0 Å². The molecule has 6 heteroatoms. The standard InChI is InChI=1S/C22H28N2O4/c1-4-14(2)24-20(26)12-22(21(24)27)18-9-8-16(11-19(22)25)23(18)13-15-6-5-7-17(10-15)28-3/h5-7,10,14,16,18H,4,8-9,11-13H2,1-3H3. The molecule has 3 aliphatic heterocycles. The summed E-state index contributed by atoms with van der Waals surface area (Å²) in [5, 5.41) is 0. The van der Waals surface area contributed by atoms with Gasteiger partial charge in [0.1, 0.15) is 11.2 Å². The first-order valence-corrected chi connectivity index (χ1v) is 10.2. The number of carbonyl (C=O) groups is 3. The number of ketones is 1. The molecule has 0 saturated carbocycles. The number of rotatable bonds is 5. The van der Waals surface area contributed by atoms with Crippen molar-refractivity contribution >= 4 is 17.6 Å². The second kappa shape index (κ2) is 6.99. The van der Waals surface area contributed by atoms with Crippen LogP contribution in [0.3, 0.4) is 0 Å². The Morgan fingerprint density at radius 2 is 2.04 bits per heavy atom. The van der Waals surface area contributed by atoms with E-state index in [0.29, 0.717) is 19.4 Å². The molecule has 6 nitrogen and oxygen atoms in total. The van der Waals surface area contributed by atoms with Crippen LogP contribution in [0, 0.1) is 5.41 Å². The van der Waals surface area contributed by atoms with Gasteiger partial charge in [-0.15, -0.1) is 0 Å². The first-order valence-electron chi connectivity index (χ1n) is 10.2. The van der Waals surface area contributed by atoms with Gasteiger partial charge in [-0.25, -0.2) is 0 Å². The predicted molar refractivity (Wildman–Crippen MR) is 104 cm³/mol. The zero-order chi connectivity index (χ0) is 20.1. The van der Waals surface area contributed by atoms with Gasteiger partial charge in [0.15, 0.2) is 5.78 Å². The highest BCUT2D eigenvalue weighted by Gasteiger charge is 2.66. The zero-order valence-corrected chi connectivity index (χ0v) is 16.8. The Morgan fingerprint density at radius 1 is 1.25 bits per heavy atom. The first kappa shape index (κ1) is 19.1. The topological polar surface area (TPSA) is 66.9 Å². The number of Topliss-reactive ketones (excluding diaryl/α,β-unsaturated/α-hetero) is 1. The number of imide groups is 1. The number of fused-ring (bicyclic) bond motifs is 3. The van der Waals surface area contributed by atoms with Crippen LogP contribution in [0.15, 0.2) is 24.3 Å². The van der Waals surface area contributed by atoms with Gasteiger partial charge in [0.2, 0.25) is 11.8 Å². The fourth-order valence-corrected chi connectivity index (χ4v) is 5.32. The van der Waals surface area contributed by atoms with Crippen LogP contribution in [0.2, 0.25) is 0 Å². The van der Waals surface area contributed by atoms with E-state index in [0.717, 1.165) is 24.2 Å². The number of amides is 2. The van der Waals surface area contributed by atoms with Crippen molar-refractivity contribution in [1.82, 2.24) is 9.80 Å². The van der Waals surface area contributed by atoms with Crippen LogP contribution in [-0.2, 0) is 20.9 Å². The fourth-order valence-electron chi connectivity index (χ4n) is 5.32. The fraction of sp³-hybridized carbons (Fsp3) is 0.591. The summed E-state index contributed by atoms with van der Waals surface area (Å²) in [4.78, 5) is 43.0. The molecule has 2 bridgehead atoms. The average Bonchev–Trinajstić information content (AvgIpc) is 3.14. The summed E-state index contributed by atoms with van der Waals surface area (Å²) in [6, 6.07) is 7.68. The minimum Gasteiger partial charge on any atom is -0.497 e. The van der Waals surface area contributed by atoms with Crippen LogP contribution < -0.4 is 4.74 Å². The Morgan fingerprint density at radius 3 is 2.75 bits per heavy atom. The summed E-state index contributed by atoms with van der Waals surface area (Å²) in [5.41, 5.74) is -0.0943.